The molecule has 2 aliphatic rings. The number of rotatable bonds is 3. The minimum Gasteiger partial charge on any atom is -0.390 e. The SMILES string of the molecule is CCC(=O)Nc1ccc2c(c1)[C@@H](N1CCCC1=O)[C@H](O)C(C)(C)C2=O. The summed E-state index contributed by atoms with van der Waals surface area (Å²) >= 11 is 0. The van der Waals surface area contributed by atoms with Crippen LogP contribution in [0.2, 0.25) is 0 Å². The third kappa shape index (κ3) is 2.84. The van der Waals surface area contributed by atoms with E-state index in [0.717, 1.165) is 6.42 Å². The molecule has 2 atom stereocenters. The summed E-state index contributed by atoms with van der Waals surface area (Å²) in [6.07, 6.45) is 0.559. The van der Waals surface area contributed by atoms with Crippen molar-refractivity contribution in [1.82, 2.24) is 4.90 Å². The highest BCUT2D eigenvalue weighted by Crippen LogP contribution is 2.45. The highest BCUT2D eigenvalue weighted by molar-refractivity contribution is 6.04. The molecule has 1 aliphatic heterocycles. The Hall–Kier alpha value is -2.21. The van der Waals surface area contributed by atoms with Gasteiger partial charge in [0, 0.05) is 30.6 Å². The number of Topliss-reactive ketones (excluding diaryl/α,β-unsaturated/α-hetero) is 1. The van der Waals surface area contributed by atoms with Crippen molar-refractivity contribution in [1.29, 1.82) is 0 Å². The number of carbonyl (C=O) groups is 3. The third-order valence-corrected chi connectivity index (χ3v) is 5.29. The molecule has 0 spiro atoms. The van der Waals surface area contributed by atoms with Crippen LogP contribution in [0.1, 0.15) is 62.0 Å². The number of likely N-dealkylation sites (tertiary alicyclic amines) is 1. The molecular formula is C19H24N2O4. The summed E-state index contributed by atoms with van der Waals surface area (Å²) in [6, 6.07) is 4.52. The second-order valence-electron chi connectivity index (χ2n) is 7.33. The summed E-state index contributed by atoms with van der Waals surface area (Å²) in [7, 11) is 0. The first kappa shape index (κ1) is 17.6. The fourth-order valence-corrected chi connectivity index (χ4v) is 3.69. The lowest BCUT2D eigenvalue weighted by molar-refractivity contribution is -0.134. The number of fused-ring (bicyclic) bond motifs is 1. The first-order valence-corrected chi connectivity index (χ1v) is 8.73. The smallest absolute Gasteiger partial charge is 0.224 e. The van der Waals surface area contributed by atoms with Crippen molar-refractivity contribution in [2.24, 2.45) is 5.41 Å². The van der Waals surface area contributed by atoms with Gasteiger partial charge in [-0.2, -0.15) is 0 Å². The van der Waals surface area contributed by atoms with Gasteiger partial charge in [-0.15, -0.1) is 0 Å². The van der Waals surface area contributed by atoms with Crippen molar-refractivity contribution in [2.45, 2.75) is 52.2 Å². The largest absolute Gasteiger partial charge is 0.390 e. The van der Waals surface area contributed by atoms with Crippen LogP contribution >= 0.6 is 0 Å². The van der Waals surface area contributed by atoms with Crippen molar-refractivity contribution in [2.75, 3.05) is 11.9 Å². The monoisotopic (exact) mass is 344 g/mol. The average molecular weight is 344 g/mol. The van der Waals surface area contributed by atoms with Crippen LogP contribution in [-0.2, 0) is 9.59 Å². The lowest BCUT2D eigenvalue weighted by Gasteiger charge is -2.44. The molecule has 2 N–H and O–H groups in total. The van der Waals surface area contributed by atoms with Gasteiger partial charge >= 0.3 is 0 Å². The second-order valence-corrected chi connectivity index (χ2v) is 7.33. The standard InChI is InChI=1S/C19H24N2O4/c1-4-14(22)20-11-7-8-12-13(10-11)16(21-9-5-6-15(21)23)18(25)19(2,3)17(12)24/h7-8,10,16,18,25H,4-6,9H2,1-3H3,(H,20,22)/t16-,18+/m1/s1. The molecule has 1 aliphatic carbocycles. The predicted octanol–water partition coefficient (Wildman–Crippen LogP) is 2.28. The maximum atomic E-state index is 12.8. The van der Waals surface area contributed by atoms with Crippen LogP contribution < -0.4 is 5.32 Å². The van der Waals surface area contributed by atoms with Gasteiger partial charge in [0.1, 0.15) is 0 Å². The minimum absolute atomic E-state index is 0.0110. The highest BCUT2D eigenvalue weighted by Gasteiger charge is 2.50. The van der Waals surface area contributed by atoms with Crippen molar-refractivity contribution in [3.05, 3.63) is 29.3 Å². The number of nitrogens with zero attached hydrogens (tertiary/aromatic N) is 1. The van der Waals surface area contributed by atoms with E-state index in [9.17, 15) is 19.5 Å². The van der Waals surface area contributed by atoms with Gasteiger partial charge in [0.05, 0.1) is 17.6 Å². The Morgan fingerprint density at radius 3 is 2.68 bits per heavy atom. The summed E-state index contributed by atoms with van der Waals surface area (Å²) < 4.78 is 0. The summed E-state index contributed by atoms with van der Waals surface area (Å²) in [5, 5.41) is 13.7. The summed E-state index contributed by atoms with van der Waals surface area (Å²) in [4.78, 5) is 38.5. The normalized spacial score (nSPS) is 25.0. The molecule has 0 unspecified atom stereocenters. The molecule has 25 heavy (non-hydrogen) atoms. The first-order valence-electron chi connectivity index (χ1n) is 8.73. The van der Waals surface area contributed by atoms with E-state index in [1.807, 2.05) is 0 Å². The molecular weight excluding hydrogens is 320 g/mol. The van der Waals surface area contributed by atoms with Crippen molar-refractivity contribution >= 4 is 23.3 Å². The zero-order valence-electron chi connectivity index (χ0n) is 14.8. The lowest BCUT2D eigenvalue weighted by atomic mass is 9.68. The van der Waals surface area contributed by atoms with E-state index in [2.05, 4.69) is 5.32 Å². The van der Waals surface area contributed by atoms with Crippen LogP contribution in [0.25, 0.3) is 0 Å². The number of nitrogens with one attached hydrogen (secondary N) is 1. The van der Waals surface area contributed by atoms with E-state index in [-0.39, 0.29) is 17.6 Å². The van der Waals surface area contributed by atoms with Crippen LogP contribution in [0.3, 0.4) is 0 Å². The predicted molar refractivity (Wildman–Crippen MR) is 93.2 cm³/mol. The molecule has 6 nitrogen and oxygen atoms in total. The van der Waals surface area contributed by atoms with Gasteiger partial charge in [0.2, 0.25) is 11.8 Å². The molecule has 1 fully saturated rings. The Morgan fingerprint density at radius 2 is 2.08 bits per heavy atom. The van der Waals surface area contributed by atoms with E-state index >= 15 is 0 Å². The molecule has 1 heterocycles. The fourth-order valence-electron chi connectivity index (χ4n) is 3.69. The molecule has 1 aromatic carbocycles. The number of anilines is 1. The number of ketones is 1. The van der Waals surface area contributed by atoms with Gasteiger partial charge in [-0.05, 0) is 44.0 Å². The fraction of sp³-hybridized carbons (Fsp3) is 0.526. The zero-order valence-corrected chi connectivity index (χ0v) is 14.8. The Kier molecular flexibility index (Phi) is 4.41. The summed E-state index contributed by atoms with van der Waals surface area (Å²) in [5.41, 5.74) is 0.715. The molecule has 1 aromatic rings. The van der Waals surface area contributed by atoms with Crippen molar-refractivity contribution < 1.29 is 19.5 Å². The molecule has 0 radical (unpaired) electrons. The summed E-state index contributed by atoms with van der Waals surface area (Å²) in [5.74, 6) is -0.286. The molecule has 0 aromatic heterocycles. The number of benzene rings is 1. The Balaban J connectivity index is 2.10. The quantitative estimate of drug-likeness (QED) is 0.881. The molecule has 3 rings (SSSR count). The second kappa shape index (κ2) is 6.26. The summed E-state index contributed by atoms with van der Waals surface area (Å²) in [6.45, 7) is 5.75. The van der Waals surface area contributed by atoms with Crippen molar-refractivity contribution in [3.8, 4) is 0 Å². The van der Waals surface area contributed by atoms with E-state index < -0.39 is 17.6 Å². The molecule has 2 amide bonds. The van der Waals surface area contributed by atoms with Gasteiger partial charge in [0.15, 0.2) is 5.78 Å². The molecule has 134 valence electrons. The van der Waals surface area contributed by atoms with Crippen LogP contribution in [0.5, 0.6) is 0 Å². The van der Waals surface area contributed by atoms with Crippen LogP contribution in [0, 0.1) is 5.41 Å². The highest BCUT2D eigenvalue weighted by atomic mass is 16.3. The number of aliphatic hydroxyl groups excluding tert-OH is 1. The van der Waals surface area contributed by atoms with E-state index in [1.54, 1.807) is 43.9 Å². The van der Waals surface area contributed by atoms with E-state index in [1.165, 1.54) is 0 Å². The number of aliphatic hydroxyl groups is 1. The molecule has 1 saturated heterocycles. The maximum absolute atomic E-state index is 12.8. The van der Waals surface area contributed by atoms with E-state index in [4.69, 9.17) is 0 Å². The Bertz CT molecular complexity index is 741. The topological polar surface area (TPSA) is 86.7 Å². The number of hydrogen-bond acceptors (Lipinski definition) is 4. The van der Waals surface area contributed by atoms with E-state index in [0.29, 0.717) is 36.2 Å². The van der Waals surface area contributed by atoms with Crippen LogP contribution in [0.4, 0.5) is 5.69 Å². The Labute approximate surface area is 147 Å². The number of hydrogen-bond donors (Lipinski definition) is 2. The molecule has 0 bridgehead atoms. The zero-order chi connectivity index (χ0) is 18.4. The van der Waals surface area contributed by atoms with Gasteiger partial charge < -0.3 is 15.3 Å². The average Bonchev–Trinajstić information content (AvgIpc) is 2.99. The van der Waals surface area contributed by atoms with Gasteiger partial charge in [-0.1, -0.05) is 6.92 Å². The van der Waals surface area contributed by atoms with Gasteiger partial charge in [-0.3, -0.25) is 14.4 Å². The minimum atomic E-state index is -0.994. The van der Waals surface area contributed by atoms with Crippen molar-refractivity contribution in [3.63, 3.8) is 0 Å². The molecule has 0 saturated carbocycles. The van der Waals surface area contributed by atoms with Crippen LogP contribution in [-0.4, -0.2) is 40.3 Å². The van der Waals surface area contributed by atoms with Gasteiger partial charge in [-0.25, -0.2) is 0 Å². The molecule has 6 heteroatoms. The maximum Gasteiger partial charge on any atom is 0.224 e. The number of amides is 2. The number of carbonyl (C=O) groups excluding carboxylic acids is 3. The first-order chi connectivity index (χ1) is 11.8. The van der Waals surface area contributed by atoms with Crippen LogP contribution in [0.15, 0.2) is 18.2 Å². The third-order valence-electron chi connectivity index (χ3n) is 5.29. The Morgan fingerprint density at radius 1 is 1.36 bits per heavy atom. The van der Waals surface area contributed by atoms with Gasteiger partial charge in [0.25, 0.3) is 0 Å². The lowest BCUT2D eigenvalue weighted by Crippen LogP contribution is -2.51.